The molecule has 0 bridgehead atoms. The van der Waals surface area contributed by atoms with Gasteiger partial charge in [-0.15, -0.1) is 0 Å². The maximum Gasteiger partial charge on any atom is 0.251 e. The Balaban J connectivity index is 1.68. The number of amides is 1. The number of nitrogens with zero attached hydrogens (tertiary/aromatic N) is 3. The molecule has 110 valence electrons. The van der Waals surface area contributed by atoms with Crippen molar-refractivity contribution in [3.8, 4) is 5.69 Å². The van der Waals surface area contributed by atoms with Gasteiger partial charge in [0.05, 0.1) is 5.69 Å². The first kappa shape index (κ1) is 13.8. The first-order chi connectivity index (χ1) is 10.2. The minimum absolute atomic E-state index is 0.0181. The predicted octanol–water partition coefficient (Wildman–Crippen LogP) is 2.50. The summed E-state index contributed by atoms with van der Waals surface area (Å²) in [7, 11) is 0. The number of rotatable bonds is 4. The monoisotopic (exact) mass is 284 g/mol. The highest BCUT2D eigenvalue weighted by Gasteiger charge is 2.17. The second-order valence-electron chi connectivity index (χ2n) is 5.70. The van der Waals surface area contributed by atoms with Gasteiger partial charge < -0.3 is 5.32 Å². The Morgan fingerprint density at radius 3 is 2.86 bits per heavy atom. The van der Waals surface area contributed by atoms with E-state index in [2.05, 4.69) is 15.4 Å². The van der Waals surface area contributed by atoms with Crippen molar-refractivity contribution in [2.75, 3.05) is 6.54 Å². The molecule has 1 heterocycles. The van der Waals surface area contributed by atoms with Crippen LogP contribution in [0.1, 0.15) is 41.6 Å². The largest absolute Gasteiger partial charge is 0.352 e. The van der Waals surface area contributed by atoms with Crippen LogP contribution in [0.15, 0.2) is 30.9 Å². The molecule has 0 saturated heterocycles. The molecule has 1 aliphatic rings. The highest BCUT2D eigenvalue weighted by Crippen LogP contribution is 2.24. The lowest BCUT2D eigenvalue weighted by atomic mass is 10.1. The van der Waals surface area contributed by atoms with Crippen LogP contribution < -0.4 is 5.32 Å². The zero-order valence-electron chi connectivity index (χ0n) is 12.2. The SMILES string of the molecule is Cc1cc(-n2cncn2)ccc1C(=O)NCC1CCCC1. The minimum Gasteiger partial charge on any atom is -0.352 e. The Kier molecular flexibility index (Phi) is 3.99. The number of hydrogen-bond acceptors (Lipinski definition) is 3. The van der Waals surface area contributed by atoms with Crippen LogP contribution in [-0.2, 0) is 0 Å². The summed E-state index contributed by atoms with van der Waals surface area (Å²) in [4.78, 5) is 16.2. The molecule has 0 spiro atoms. The number of hydrogen-bond donors (Lipinski definition) is 1. The van der Waals surface area contributed by atoms with Crippen LogP contribution in [-0.4, -0.2) is 27.2 Å². The maximum atomic E-state index is 12.3. The third kappa shape index (κ3) is 3.12. The number of carbonyl (C=O) groups excluding carboxylic acids is 1. The summed E-state index contributed by atoms with van der Waals surface area (Å²) in [6, 6.07) is 5.71. The van der Waals surface area contributed by atoms with E-state index in [0.717, 1.165) is 23.4 Å². The number of benzene rings is 1. The van der Waals surface area contributed by atoms with E-state index in [1.807, 2.05) is 25.1 Å². The third-order valence-electron chi connectivity index (χ3n) is 4.16. The molecule has 21 heavy (non-hydrogen) atoms. The predicted molar refractivity (Wildman–Crippen MR) is 80.4 cm³/mol. The number of aromatic nitrogens is 3. The second-order valence-corrected chi connectivity index (χ2v) is 5.70. The number of aryl methyl sites for hydroxylation is 1. The van der Waals surface area contributed by atoms with Gasteiger partial charge in [0.1, 0.15) is 12.7 Å². The number of carbonyl (C=O) groups is 1. The van der Waals surface area contributed by atoms with Gasteiger partial charge >= 0.3 is 0 Å². The Morgan fingerprint density at radius 2 is 2.19 bits per heavy atom. The Hall–Kier alpha value is -2.17. The molecule has 1 amide bonds. The van der Waals surface area contributed by atoms with Gasteiger partial charge in [-0.2, -0.15) is 5.10 Å². The highest BCUT2D eigenvalue weighted by molar-refractivity contribution is 5.95. The van der Waals surface area contributed by atoms with Gasteiger partial charge in [-0.3, -0.25) is 4.79 Å². The second kappa shape index (κ2) is 6.08. The fraction of sp³-hybridized carbons (Fsp3) is 0.438. The van der Waals surface area contributed by atoms with Crippen LogP contribution in [0.5, 0.6) is 0 Å². The van der Waals surface area contributed by atoms with Crippen LogP contribution in [0.4, 0.5) is 0 Å². The van der Waals surface area contributed by atoms with Crippen molar-refractivity contribution >= 4 is 5.91 Å². The molecular formula is C16H20N4O. The molecule has 3 rings (SSSR count). The van der Waals surface area contributed by atoms with Crippen molar-refractivity contribution in [2.45, 2.75) is 32.6 Å². The average molecular weight is 284 g/mol. The molecule has 2 aromatic rings. The van der Waals surface area contributed by atoms with Crippen LogP contribution >= 0.6 is 0 Å². The van der Waals surface area contributed by atoms with Crippen LogP contribution in [0, 0.1) is 12.8 Å². The summed E-state index contributed by atoms with van der Waals surface area (Å²) in [5.74, 6) is 0.674. The van der Waals surface area contributed by atoms with Crippen LogP contribution in [0.3, 0.4) is 0 Å². The maximum absolute atomic E-state index is 12.3. The molecule has 0 atom stereocenters. The summed E-state index contributed by atoms with van der Waals surface area (Å²) in [5.41, 5.74) is 2.60. The average Bonchev–Trinajstić information content (AvgIpc) is 3.18. The lowest BCUT2D eigenvalue weighted by molar-refractivity contribution is 0.0947. The molecule has 0 radical (unpaired) electrons. The minimum atomic E-state index is 0.0181. The molecule has 1 saturated carbocycles. The van der Waals surface area contributed by atoms with E-state index in [9.17, 15) is 4.79 Å². The fourth-order valence-corrected chi connectivity index (χ4v) is 2.93. The van der Waals surface area contributed by atoms with Gasteiger partial charge in [0.15, 0.2) is 0 Å². The van der Waals surface area contributed by atoms with Crippen molar-refractivity contribution in [3.05, 3.63) is 42.0 Å². The van der Waals surface area contributed by atoms with Crippen molar-refractivity contribution in [3.63, 3.8) is 0 Å². The molecule has 1 aromatic carbocycles. The van der Waals surface area contributed by atoms with Gasteiger partial charge in [-0.25, -0.2) is 9.67 Å². The molecule has 0 aliphatic heterocycles. The van der Waals surface area contributed by atoms with Gasteiger partial charge in [-0.05, 0) is 49.4 Å². The van der Waals surface area contributed by atoms with Gasteiger partial charge in [0.2, 0.25) is 0 Å². The topological polar surface area (TPSA) is 59.8 Å². The van der Waals surface area contributed by atoms with Crippen molar-refractivity contribution in [1.82, 2.24) is 20.1 Å². The molecule has 1 aliphatic carbocycles. The molecular weight excluding hydrogens is 264 g/mol. The molecule has 1 aromatic heterocycles. The first-order valence-electron chi connectivity index (χ1n) is 7.48. The Labute approximate surface area is 124 Å². The zero-order chi connectivity index (χ0) is 14.7. The summed E-state index contributed by atoms with van der Waals surface area (Å²) in [5, 5.41) is 7.16. The van der Waals surface area contributed by atoms with Gasteiger partial charge in [0, 0.05) is 12.1 Å². The quantitative estimate of drug-likeness (QED) is 0.938. The molecule has 5 heteroatoms. The van der Waals surface area contributed by atoms with E-state index in [1.165, 1.54) is 32.0 Å². The zero-order valence-corrected chi connectivity index (χ0v) is 12.2. The van der Waals surface area contributed by atoms with Crippen molar-refractivity contribution in [2.24, 2.45) is 5.92 Å². The van der Waals surface area contributed by atoms with Crippen molar-refractivity contribution in [1.29, 1.82) is 0 Å². The lowest BCUT2D eigenvalue weighted by Gasteiger charge is -2.12. The fourth-order valence-electron chi connectivity index (χ4n) is 2.93. The van der Waals surface area contributed by atoms with E-state index in [-0.39, 0.29) is 5.91 Å². The smallest absolute Gasteiger partial charge is 0.251 e. The number of nitrogens with one attached hydrogen (secondary N) is 1. The van der Waals surface area contributed by atoms with E-state index in [4.69, 9.17) is 0 Å². The Morgan fingerprint density at radius 1 is 1.38 bits per heavy atom. The van der Waals surface area contributed by atoms with E-state index >= 15 is 0 Å². The molecule has 5 nitrogen and oxygen atoms in total. The third-order valence-corrected chi connectivity index (χ3v) is 4.16. The van der Waals surface area contributed by atoms with Gasteiger partial charge in [0.25, 0.3) is 5.91 Å². The summed E-state index contributed by atoms with van der Waals surface area (Å²) >= 11 is 0. The lowest BCUT2D eigenvalue weighted by Crippen LogP contribution is -2.28. The standard InChI is InChI=1S/C16H20N4O/c1-12-8-14(20-11-17-10-19-20)6-7-15(12)16(21)18-9-13-4-2-3-5-13/h6-8,10-11,13H,2-5,9H2,1H3,(H,18,21). The molecule has 1 fully saturated rings. The van der Waals surface area contributed by atoms with E-state index < -0.39 is 0 Å². The first-order valence-corrected chi connectivity index (χ1v) is 7.48. The highest BCUT2D eigenvalue weighted by atomic mass is 16.1. The summed E-state index contributed by atoms with van der Waals surface area (Å²) < 4.78 is 1.69. The summed E-state index contributed by atoms with van der Waals surface area (Å²) in [6.45, 7) is 2.74. The van der Waals surface area contributed by atoms with E-state index in [1.54, 1.807) is 11.0 Å². The normalized spacial score (nSPS) is 15.3. The van der Waals surface area contributed by atoms with Crippen molar-refractivity contribution < 1.29 is 4.79 Å². The van der Waals surface area contributed by atoms with Crippen LogP contribution in [0.25, 0.3) is 5.69 Å². The molecule has 0 unspecified atom stereocenters. The van der Waals surface area contributed by atoms with E-state index in [0.29, 0.717) is 5.92 Å². The molecule has 1 N–H and O–H groups in total. The van der Waals surface area contributed by atoms with Crippen LogP contribution in [0.2, 0.25) is 0 Å². The Bertz CT molecular complexity index is 615. The summed E-state index contributed by atoms with van der Waals surface area (Å²) in [6.07, 6.45) is 8.22. The van der Waals surface area contributed by atoms with Gasteiger partial charge in [-0.1, -0.05) is 12.8 Å².